The van der Waals surface area contributed by atoms with Crippen LogP contribution in [0.3, 0.4) is 0 Å². The van der Waals surface area contributed by atoms with Gasteiger partial charge in [-0.2, -0.15) is 9.35 Å². The summed E-state index contributed by atoms with van der Waals surface area (Å²) in [6, 6.07) is 17.8. The van der Waals surface area contributed by atoms with E-state index in [-0.39, 0.29) is 41.8 Å². The topological polar surface area (TPSA) is 106 Å². The van der Waals surface area contributed by atoms with Crippen LogP contribution in [-0.4, -0.2) is 91.9 Å². The summed E-state index contributed by atoms with van der Waals surface area (Å²) in [6.45, 7) is 19.5. The molecule has 4 atom stereocenters. The largest absolute Gasteiger partial charge is 0.456 e. The van der Waals surface area contributed by atoms with Crippen molar-refractivity contribution in [2.75, 3.05) is 32.3 Å². The lowest BCUT2D eigenvalue weighted by Gasteiger charge is -2.39. The van der Waals surface area contributed by atoms with E-state index in [4.69, 9.17) is 33.3 Å². The van der Waals surface area contributed by atoms with E-state index in [1.807, 2.05) is 48.5 Å². The summed E-state index contributed by atoms with van der Waals surface area (Å²) in [7, 11) is -5.62. The van der Waals surface area contributed by atoms with Gasteiger partial charge >= 0.3 is 6.01 Å². The summed E-state index contributed by atoms with van der Waals surface area (Å²) in [4.78, 5) is 9.49. The molecule has 2 aromatic heterocycles. The molecule has 2 fully saturated rings. The molecular formula is C38H53FN4O6SSi2. The highest BCUT2D eigenvalue weighted by Gasteiger charge is 2.52. The zero-order valence-corrected chi connectivity index (χ0v) is 34.9. The van der Waals surface area contributed by atoms with E-state index in [1.165, 1.54) is 6.07 Å². The van der Waals surface area contributed by atoms with E-state index in [1.54, 1.807) is 17.1 Å². The number of imidazole rings is 1. The van der Waals surface area contributed by atoms with Crippen LogP contribution in [0.4, 0.5) is 10.1 Å². The van der Waals surface area contributed by atoms with E-state index in [9.17, 15) is 4.21 Å². The predicted octanol–water partition coefficient (Wildman–Crippen LogP) is 8.51. The van der Waals surface area contributed by atoms with Crippen molar-refractivity contribution < 1.29 is 32.0 Å². The maximum Gasteiger partial charge on any atom is 0.301 e. The van der Waals surface area contributed by atoms with E-state index in [2.05, 4.69) is 57.9 Å². The van der Waals surface area contributed by atoms with Crippen LogP contribution in [0.25, 0.3) is 33.5 Å². The molecule has 4 aromatic rings. The Kier molecular flexibility index (Phi) is 10.9. The van der Waals surface area contributed by atoms with Crippen molar-refractivity contribution in [3.8, 4) is 28.4 Å². The average Bonchev–Trinajstić information content (AvgIpc) is 3.72. The Balaban J connectivity index is 1.25. The first-order valence-corrected chi connectivity index (χ1v) is 26.8. The molecule has 10 nitrogen and oxygen atoms in total. The van der Waals surface area contributed by atoms with Gasteiger partial charge in [0, 0.05) is 48.6 Å². The van der Waals surface area contributed by atoms with Gasteiger partial charge in [-0.3, -0.25) is 4.57 Å². The molecule has 282 valence electrons. The van der Waals surface area contributed by atoms with Gasteiger partial charge in [0.15, 0.2) is 25.9 Å². The first kappa shape index (κ1) is 38.7. The monoisotopic (exact) mass is 768 g/mol. The molecule has 2 saturated heterocycles. The van der Waals surface area contributed by atoms with Crippen LogP contribution < -0.4 is 4.74 Å². The van der Waals surface area contributed by atoms with Crippen molar-refractivity contribution in [1.29, 1.82) is 0 Å². The van der Waals surface area contributed by atoms with Gasteiger partial charge in [0.05, 0.1) is 30.5 Å². The third-order valence-corrected chi connectivity index (χ3v) is 16.9. The zero-order valence-electron chi connectivity index (χ0n) is 32.1. The van der Waals surface area contributed by atoms with Crippen LogP contribution in [-0.2, 0) is 35.1 Å². The zero-order chi connectivity index (χ0) is 37.6. The van der Waals surface area contributed by atoms with Gasteiger partial charge in [-0.1, -0.05) is 76.8 Å². The van der Waals surface area contributed by atoms with Crippen molar-refractivity contribution in [1.82, 2.24) is 14.5 Å². The van der Waals surface area contributed by atoms with Crippen molar-refractivity contribution in [3.05, 3.63) is 60.4 Å². The second-order valence-corrected chi connectivity index (χ2v) is 29.8. The van der Waals surface area contributed by atoms with Gasteiger partial charge in [0.2, 0.25) is 0 Å². The molecule has 0 saturated carbocycles. The summed E-state index contributed by atoms with van der Waals surface area (Å²) < 4.78 is 65.8. The molecule has 0 N–H and O–H groups in total. The van der Waals surface area contributed by atoms with Crippen LogP contribution >= 0.6 is 0 Å². The smallest absolute Gasteiger partial charge is 0.301 e. The number of ether oxygens (including phenoxy) is 4. The minimum atomic E-state index is -2.25. The first-order chi connectivity index (χ1) is 24.3. The van der Waals surface area contributed by atoms with Crippen molar-refractivity contribution >= 4 is 43.0 Å². The van der Waals surface area contributed by atoms with E-state index >= 15 is 4.39 Å². The lowest BCUT2D eigenvalue weighted by atomic mass is 10.0. The number of aromatic nitrogens is 3. The van der Waals surface area contributed by atoms with Gasteiger partial charge in [-0.15, -0.1) is 0 Å². The number of rotatable bonds is 12. The van der Waals surface area contributed by atoms with Crippen molar-refractivity contribution in [2.45, 2.75) is 95.7 Å². The fraction of sp³-hybridized carbons (Fsp3) is 0.526. The number of halogens is 1. The molecule has 0 bridgehead atoms. The number of hydrogen-bond donors (Lipinski definition) is 0. The highest BCUT2D eigenvalue weighted by atomic mass is 32.2. The highest BCUT2D eigenvalue weighted by Crippen LogP contribution is 2.41. The predicted molar refractivity (Wildman–Crippen MR) is 211 cm³/mol. The molecule has 0 aliphatic carbocycles. The SMILES string of the molecule is CC(C)(C)[Si](C)(C)OC1CO[C@H]2[C@@H]1OC[C@H]2Oc1nc2nc(-c3ccc(-c4ccc(N=S(C)(C)=O)cc4)cc3)c(F)cc2n1COCC[Si](C)(C)C. The third kappa shape index (κ3) is 8.86. The van der Waals surface area contributed by atoms with Gasteiger partial charge in [0.25, 0.3) is 0 Å². The second kappa shape index (κ2) is 14.7. The molecule has 2 aliphatic heterocycles. The minimum absolute atomic E-state index is 0.0596. The summed E-state index contributed by atoms with van der Waals surface area (Å²) in [5.74, 6) is -0.474. The van der Waals surface area contributed by atoms with Gasteiger partial charge in [-0.05, 0) is 47.4 Å². The molecule has 1 unspecified atom stereocenters. The third-order valence-electron chi connectivity index (χ3n) is 10.0. The molecule has 0 spiro atoms. The number of benzene rings is 2. The normalized spacial score (nSPS) is 21.1. The Labute approximate surface area is 309 Å². The number of fused-ring (bicyclic) bond motifs is 2. The maximum atomic E-state index is 15.9. The Hall–Kier alpha value is -2.99. The van der Waals surface area contributed by atoms with E-state index < -0.39 is 38.0 Å². The molecular weight excluding hydrogens is 716 g/mol. The van der Waals surface area contributed by atoms with Gasteiger partial charge in [0.1, 0.15) is 24.6 Å². The molecule has 0 amide bonds. The Morgan fingerprint density at radius 2 is 1.48 bits per heavy atom. The first-order valence-electron chi connectivity index (χ1n) is 17.9. The highest BCUT2D eigenvalue weighted by molar-refractivity contribution is 7.92. The number of hydrogen-bond acceptors (Lipinski definition) is 9. The van der Waals surface area contributed by atoms with Gasteiger partial charge < -0.3 is 23.4 Å². The van der Waals surface area contributed by atoms with Crippen LogP contribution in [0.1, 0.15) is 20.8 Å². The molecule has 14 heteroatoms. The van der Waals surface area contributed by atoms with Crippen molar-refractivity contribution in [2.24, 2.45) is 4.36 Å². The van der Waals surface area contributed by atoms with E-state index in [0.717, 1.165) is 17.2 Å². The number of nitrogens with zero attached hydrogens (tertiary/aromatic N) is 4. The second-order valence-electron chi connectivity index (χ2n) is 16.9. The molecule has 2 aliphatic rings. The molecule has 52 heavy (non-hydrogen) atoms. The van der Waals surface area contributed by atoms with Crippen LogP contribution in [0.5, 0.6) is 6.01 Å². The fourth-order valence-electron chi connectivity index (χ4n) is 6.07. The maximum absolute atomic E-state index is 15.9. The Bertz CT molecular complexity index is 2010. The van der Waals surface area contributed by atoms with Crippen LogP contribution in [0.15, 0.2) is 59.0 Å². The molecule has 2 aromatic carbocycles. The molecule has 0 radical (unpaired) electrons. The molecule has 6 rings (SSSR count). The standard InChI is InChI=1S/C38H53FN4O6SSi2/c1-38(2,3)52(9,10)49-32-23-47-34-31(22-46-35(32)34)48-37-41-36-30(43(37)24-45-19-20-51(6,7)8)21-29(39)33(40-36)27-13-11-25(12-14-27)26-15-17-28(18-16-26)42-50(4,5)44/h11-18,21,31-32,34-35H,19-20,22-24H2,1-10H3/t31-,32?,34-,35-/m1/s1. The Morgan fingerprint density at radius 1 is 0.904 bits per heavy atom. The minimum Gasteiger partial charge on any atom is -0.456 e. The quantitative estimate of drug-likeness (QED) is 0.104. The van der Waals surface area contributed by atoms with Gasteiger partial charge in [-0.25, -0.2) is 13.6 Å². The average molecular weight is 769 g/mol. The lowest BCUT2D eigenvalue weighted by molar-refractivity contribution is 0.00691. The van der Waals surface area contributed by atoms with E-state index in [0.29, 0.717) is 42.2 Å². The van der Waals surface area contributed by atoms with Crippen molar-refractivity contribution in [3.63, 3.8) is 0 Å². The molecule has 4 heterocycles. The Morgan fingerprint density at radius 3 is 2.08 bits per heavy atom. The lowest BCUT2D eigenvalue weighted by Crippen LogP contribution is -2.47. The fourth-order valence-corrected chi connectivity index (χ4v) is 8.77. The summed E-state index contributed by atoms with van der Waals surface area (Å²) >= 11 is 0. The summed E-state index contributed by atoms with van der Waals surface area (Å²) in [5.41, 5.74) is 4.22. The van der Waals surface area contributed by atoms with Crippen LogP contribution in [0.2, 0.25) is 43.8 Å². The summed E-state index contributed by atoms with van der Waals surface area (Å²) in [6.07, 6.45) is 2.06. The van der Waals surface area contributed by atoms with Crippen LogP contribution in [0, 0.1) is 5.82 Å². The number of pyridine rings is 1. The summed E-state index contributed by atoms with van der Waals surface area (Å²) in [5, 5.41) is 0.0596.